The molecule has 2 unspecified atom stereocenters. The highest BCUT2D eigenvalue weighted by molar-refractivity contribution is 7.91. The molecule has 1 N–H and O–H groups in total. The molecule has 0 spiro atoms. The molecule has 19 heavy (non-hydrogen) atoms. The van der Waals surface area contributed by atoms with Gasteiger partial charge in [0.15, 0.2) is 9.84 Å². The lowest BCUT2D eigenvalue weighted by Crippen LogP contribution is -2.18. The van der Waals surface area contributed by atoms with E-state index >= 15 is 0 Å². The van der Waals surface area contributed by atoms with E-state index in [1.807, 2.05) is 6.92 Å². The van der Waals surface area contributed by atoms with E-state index in [-0.39, 0.29) is 11.0 Å². The smallest absolute Gasteiger partial charge is 0.310 e. The molecule has 2 atom stereocenters. The largest absolute Gasteiger partial charge is 0.481 e. The average molecular weight is 284 g/mol. The average Bonchev–Trinajstić information content (AvgIpc) is 2.37. The highest BCUT2D eigenvalue weighted by Crippen LogP contribution is 2.18. The van der Waals surface area contributed by atoms with E-state index in [1.165, 1.54) is 0 Å². The Morgan fingerprint density at radius 1 is 1.21 bits per heavy atom. The molecule has 106 valence electrons. The summed E-state index contributed by atoms with van der Waals surface area (Å²) in [5.74, 6) is -1.47. The summed E-state index contributed by atoms with van der Waals surface area (Å²) in [6.07, 6.45) is 0.594. The second kappa shape index (κ2) is 6.19. The zero-order chi connectivity index (χ0) is 14.6. The monoisotopic (exact) mass is 284 g/mol. The number of sulfone groups is 1. The summed E-state index contributed by atoms with van der Waals surface area (Å²) < 4.78 is 23.9. The fourth-order valence-corrected chi connectivity index (χ4v) is 3.12. The number of benzene rings is 1. The van der Waals surface area contributed by atoms with Crippen molar-refractivity contribution in [2.24, 2.45) is 0 Å². The fraction of sp³-hybridized carbons (Fsp3) is 0.500. The molecule has 0 amide bonds. The molecule has 0 aromatic heterocycles. The minimum atomic E-state index is -3.13. The van der Waals surface area contributed by atoms with E-state index < -0.39 is 21.7 Å². The van der Waals surface area contributed by atoms with Gasteiger partial charge in [-0.05, 0) is 31.4 Å². The van der Waals surface area contributed by atoms with Crippen molar-refractivity contribution >= 4 is 15.8 Å². The second-order valence-electron chi connectivity index (χ2n) is 4.83. The Labute approximate surface area is 114 Å². The number of carboxylic acid groups (broad SMARTS) is 1. The normalized spacial score (nSPS) is 14.9. The lowest BCUT2D eigenvalue weighted by Gasteiger charge is -2.11. The Bertz CT molecular complexity index is 531. The summed E-state index contributed by atoms with van der Waals surface area (Å²) >= 11 is 0. The van der Waals surface area contributed by atoms with Gasteiger partial charge in [0.25, 0.3) is 0 Å². The molecule has 0 saturated carbocycles. The van der Waals surface area contributed by atoms with Crippen LogP contribution in [0.4, 0.5) is 0 Å². The maximum absolute atomic E-state index is 12.0. The quantitative estimate of drug-likeness (QED) is 0.871. The van der Waals surface area contributed by atoms with Crippen molar-refractivity contribution in [1.29, 1.82) is 0 Å². The lowest BCUT2D eigenvalue weighted by atomic mass is 10.0. The van der Waals surface area contributed by atoms with Gasteiger partial charge in [0.1, 0.15) is 0 Å². The third-order valence-electron chi connectivity index (χ3n) is 3.41. The zero-order valence-electron chi connectivity index (χ0n) is 11.5. The van der Waals surface area contributed by atoms with Crippen LogP contribution in [0.5, 0.6) is 0 Å². The molecule has 0 aliphatic heterocycles. The zero-order valence-corrected chi connectivity index (χ0v) is 12.3. The number of carboxylic acids is 1. The van der Waals surface area contributed by atoms with Crippen molar-refractivity contribution in [2.75, 3.05) is 0 Å². The van der Waals surface area contributed by atoms with Gasteiger partial charge in [-0.15, -0.1) is 0 Å². The first kappa shape index (κ1) is 15.7. The van der Waals surface area contributed by atoms with Gasteiger partial charge in [-0.2, -0.15) is 0 Å². The molecule has 1 rings (SSSR count). The van der Waals surface area contributed by atoms with Gasteiger partial charge in [-0.3, -0.25) is 4.79 Å². The molecule has 0 aliphatic carbocycles. The van der Waals surface area contributed by atoms with Gasteiger partial charge in [-0.1, -0.05) is 31.2 Å². The van der Waals surface area contributed by atoms with Gasteiger partial charge < -0.3 is 5.11 Å². The number of rotatable bonds is 6. The van der Waals surface area contributed by atoms with E-state index in [4.69, 9.17) is 5.11 Å². The van der Waals surface area contributed by atoms with Crippen LogP contribution in [0.15, 0.2) is 24.3 Å². The first-order chi connectivity index (χ1) is 8.77. The molecule has 0 heterocycles. The van der Waals surface area contributed by atoms with Crippen molar-refractivity contribution in [1.82, 2.24) is 0 Å². The van der Waals surface area contributed by atoms with E-state index in [2.05, 4.69) is 0 Å². The van der Waals surface area contributed by atoms with Gasteiger partial charge in [-0.25, -0.2) is 8.42 Å². The Morgan fingerprint density at radius 2 is 1.74 bits per heavy atom. The number of carbonyl (C=O) groups is 1. The number of hydrogen-bond acceptors (Lipinski definition) is 3. The standard InChI is InChI=1S/C14H20O4S/c1-4-10(2)19(17,18)9-12-5-7-13(8-6-12)11(3)14(15)16/h5-8,10-11H,4,9H2,1-3H3,(H,15,16). The maximum atomic E-state index is 12.0. The second-order valence-corrected chi connectivity index (χ2v) is 7.25. The van der Waals surface area contributed by atoms with E-state index in [9.17, 15) is 13.2 Å². The Kier molecular flexibility index (Phi) is 5.11. The van der Waals surface area contributed by atoms with Gasteiger partial charge in [0.2, 0.25) is 0 Å². The summed E-state index contributed by atoms with van der Waals surface area (Å²) in [5, 5.41) is 8.54. The van der Waals surface area contributed by atoms with E-state index in [1.54, 1.807) is 38.1 Å². The Balaban J connectivity index is 2.86. The van der Waals surface area contributed by atoms with Crippen LogP contribution in [-0.2, 0) is 20.4 Å². The summed E-state index contributed by atoms with van der Waals surface area (Å²) in [6.45, 7) is 5.16. The van der Waals surface area contributed by atoms with Crippen molar-refractivity contribution in [3.8, 4) is 0 Å². The van der Waals surface area contributed by atoms with Crippen molar-refractivity contribution in [2.45, 2.75) is 44.1 Å². The molecule has 0 fully saturated rings. The predicted molar refractivity (Wildman–Crippen MR) is 74.9 cm³/mol. The third kappa shape index (κ3) is 4.06. The fourth-order valence-electron chi connectivity index (χ4n) is 1.67. The van der Waals surface area contributed by atoms with Gasteiger partial charge in [0.05, 0.1) is 16.9 Å². The Morgan fingerprint density at radius 3 is 2.16 bits per heavy atom. The first-order valence-corrected chi connectivity index (χ1v) is 8.02. The first-order valence-electron chi connectivity index (χ1n) is 6.31. The van der Waals surface area contributed by atoms with Crippen LogP contribution < -0.4 is 0 Å². The van der Waals surface area contributed by atoms with Crippen LogP contribution in [0.25, 0.3) is 0 Å². The lowest BCUT2D eigenvalue weighted by molar-refractivity contribution is -0.138. The molecule has 5 heteroatoms. The summed E-state index contributed by atoms with van der Waals surface area (Å²) in [6, 6.07) is 6.74. The van der Waals surface area contributed by atoms with Gasteiger partial charge >= 0.3 is 5.97 Å². The van der Waals surface area contributed by atoms with Crippen molar-refractivity contribution in [3.63, 3.8) is 0 Å². The van der Waals surface area contributed by atoms with Crippen LogP contribution in [0.1, 0.15) is 44.2 Å². The number of hydrogen-bond donors (Lipinski definition) is 1. The SMILES string of the molecule is CCC(C)S(=O)(=O)Cc1ccc(C(C)C(=O)O)cc1. The highest BCUT2D eigenvalue weighted by Gasteiger charge is 2.20. The molecule has 4 nitrogen and oxygen atoms in total. The molecule has 1 aromatic rings. The van der Waals surface area contributed by atoms with Crippen LogP contribution >= 0.6 is 0 Å². The maximum Gasteiger partial charge on any atom is 0.310 e. The molecule has 1 aromatic carbocycles. The van der Waals surface area contributed by atoms with Crippen LogP contribution in [-0.4, -0.2) is 24.7 Å². The minimum absolute atomic E-state index is 0.00371. The molecular weight excluding hydrogens is 264 g/mol. The van der Waals surface area contributed by atoms with E-state index in [0.717, 1.165) is 0 Å². The summed E-state index contributed by atoms with van der Waals surface area (Å²) in [7, 11) is -3.13. The van der Waals surface area contributed by atoms with Crippen LogP contribution in [0.3, 0.4) is 0 Å². The van der Waals surface area contributed by atoms with E-state index in [0.29, 0.717) is 17.5 Å². The molecule has 0 aliphatic rings. The summed E-state index contributed by atoms with van der Waals surface area (Å²) in [5.41, 5.74) is 1.37. The minimum Gasteiger partial charge on any atom is -0.481 e. The molecule has 0 saturated heterocycles. The van der Waals surface area contributed by atoms with Crippen LogP contribution in [0.2, 0.25) is 0 Å². The van der Waals surface area contributed by atoms with Crippen LogP contribution in [0, 0.1) is 0 Å². The molecule has 0 radical (unpaired) electrons. The predicted octanol–water partition coefficient (Wildman–Crippen LogP) is 2.59. The third-order valence-corrected chi connectivity index (χ3v) is 5.70. The highest BCUT2D eigenvalue weighted by atomic mass is 32.2. The summed E-state index contributed by atoms with van der Waals surface area (Å²) in [4.78, 5) is 10.8. The molecular formula is C14H20O4S. The topological polar surface area (TPSA) is 71.4 Å². The number of aliphatic carboxylic acids is 1. The van der Waals surface area contributed by atoms with Crippen molar-refractivity contribution < 1.29 is 18.3 Å². The Hall–Kier alpha value is -1.36. The van der Waals surface area contributed by atoms with Crippen molar-refractivity contribution in [3.05, 3.63) is 35.4 Å². The molecule has 0 bridgehead atoms. The van der Waals surface area contributed by atoms with Gasteiger partial charge in [0, 0.05) is 0 Å².